The topological polar surface area (TPSA) is 67.2 Å². The molecule has 5 heteroatoms. The highest BCUT2D eigenvalue weighted by atomic mass is 16.3. The summed E-state index contributed by atoms with van der Waals surface area (Å²) in [4.78, 5) is 12.2. The van der Waals surface area contributed by atoms with Gasteiger partial charge in [-0.05, 0) is 32.1 Å². The minimum Gasteiger partial charge on any atom is -0.393 e. The molecule has 1 saturated carbocycles. The number of aliphatic hydroxyl groups excluding tert-OH is 1. The van der Waals surface area contributed by atoms with Gasteiger partial charge >= 0.3 is 0 Å². The summed E-state index contributed by atoms with van der Waals surface area (Å²) >= 11 is 0. The Bertz CT molecular complexity index is 462. The summed E-state index contributed by atoms with van der Waals surface area (Å²) in [5.41, 5.74) is 1.80. The lowest BCUT2D eigenvalue weighted by atomic mass is 10.1. The molecule has 1 aliphatic rings. The lowest BCUT2D eigenvalue weighted by Gasteiger charge is -2.11. The van der Waals surface area contributed by atoms with Crippen molar-refractivity contribution in [2.75, 3.05) is 6.54 Å². The molecule has 1 aromatic heterocycles. The molecule has 0 radical (unpaired) electrons. The summed E-state index contributed by atoms with van der Waals surface area (Å²) < 4.78 is 1.99. The Morgan fingerprint density at radius 3 is 2.75 bits per heavy atom. The predicted molar refractivity (Wildman–Crippen MR) is 77.7 cm³/mol. The third-order valence-corrected chi connectivity index (χ3v) is 3.47. The molecule has 0 bridgehead atoms. The quantitative estimate of drug-likeness (QED) is 0.801. The number of aliphatic hydroxyl groups is 1. The van der Waals surface area contributed by atoms with Gasteiger partial charge in [-0.25, -0.2) is 0 Å². The summed E-state index contributed by atoms with van der Waals surface area (Å²) in [5, 5.41) is 16.5. The minimum absolute atomic E-state index is 0.0671. The molecule has 5 nitrogen and oxygen atoms in total. The van der Waals surface area contributed by atoms with Gasteiger partial charge in [-0.2, -0.15) is 5.10 Å². The van der Waals surface area contributed by atoms with Gasteiger partial charge in [0.05, 0.1) is 23.6 Å². The first-order valence-electron chi connectivity index (χ1n) is 7.51. The Balaban J connectivity index is 2.06. The fraction of sp³-hybridized carbons (Fsp3) is 0.733. The van der Waals surface area contributed by atoms with Gasteiger partial charge in [-0.1, -0.05) is 13.8 Å². The van der Waals surface area contributed by atoms with Crippen molar-refractivity contribution in [1.29, 1.82) is 0 Å². The number of aromatic nitrogens is 2. The molecule has 112 valence electrons. The summed E-state index contributed by atoms with van der Waals surface area (Å²) in [7, 11) is 0. The molecule has 1 atom stereocenters. The summed E-state index contributed by atoms with van der Waals surface area (Å²) in [5.74, 6) is 0.940. The molecule has 1 fully saturated rings. The van der Waals surface area contributed by atoms with Crippen molar-refractivity contribution in [2.24, 2.45) is 5.92 Å². The number of nitrogens with zero attached hydrogens (tertiary/aromatic N) is 2. The van der Waals surface area contributed by atoms with Crippen LogP contribution in [0.2, 0.25) is 0 Å². The molecule has 2 N–H and O–H groups in total. The Labute approximate surface area is 120 Å². The zero-order valence-corrected chi connectivity index (χ0v) is 12.6. The Kier molecular flexibility index (Phi) is 4.81. The first-order chi connectivity index (χ1) is 9.49. The van der Waals surface area contributed by atoms with E-state index in [1.165, 1.54) is 0 Å². The molecule has 1 aromatic rings. The summed E-state index contributed by atoms with van der Waals surface area (Å²) in [6.07, 6.45) is 4.18. The highest BCUT2D eigenvalue weighted by molar-refractivity contribution is 5.95. The highest BCUT2D eigenvalue weighted by Crippen LogP contribution is 2.41. The molecule has 0 aromatic carbocycles. The number of rotatable bonds is 7. The van der Waals surface area contributed by atoms with Crippen molar-refractivity contribution in [3.8, 4) is 0 Å². The molecule has 1 amide bonds. The van der Waals surface area contributed by atoms with E-state index in [0.717, 1.165) is 25.1 Å². The second-order valence-corrected chi connectivity index (χ2v) is 6.19. The lowest BCUT2D eigenvalue weighted by molar-refractivity contribution is 0.0944. The number of amides is 1. The van der Waals surface area contributed by atoms with Gasteiger partial charge in [0.15, 0.2) is 0 Å². The Hall–Kier alpha value is -1.36. The van der Waals surface area contributed by atoms with Crippen molar-refractivity contribution in [3.63, 3.8) is 0 Å². The molecule has 2 rings (SSSR count). The van der Waals surface area contributed by atoms with E-state index in [1.54, 1.807) is 13.1 Å². The lowest BCUT2D eigenvalue weighted by Crippen LogP contribution is -2.27. The van der Waals surface area contributed by atoms with Crippen molar-refractivity contribution in [2.45, 2.75) is 58.6 Å². The van der Waals surface area contributed by atoms with Gasteiger partial charge in [0.25, 0.3) is 5.91 Å². The average Bonchev–Trinajstić information content (AvgIpc) is 3.10. The smallest absolute Gasteiger partial charge is 0.254 e. The number of nitrogens with one attached hydrogen (secondary N) is 1. The van der Waals surface area contributed by atoms with Crippen molar-refractivity contribution < 1.29 is 9.90 Å². The molecule has 1 heterocycles. The Morgan fingerprint density at radius 2 is 2.20 bits per heavy atom. The van der Waals surface area contributed by atoms with Crippen LogP contribution in [0.4, 0.5) is 0 Å². The van der Waals surface area contributed by atoms with Crippen LogP contribution in [-0.4, -0.2) is 33.4 Å². The summed E-state index contributed by atoms with van der Waals surface area (Å²) in [6, 6.07) is 0. The van der Waals surface area contributed by atoms with Gasteiger partial charge in [-0.3, -0.25) is 9.48 Å². The SMILES string of the molecule is CC(C)Cn1ncc(C(=O)NCCC(C)O)c1C1CC1. The zero-order chi connectivity index (χ0) is 14.7. The second kappa shape index (κ2) is 6.39. The molecule has 1 aliphatic carbocycles. The van der Waals surface area contributed by atoms with Crippen molar-refractivity contribution in [3.05, 3.63) is 17.5 Å². The van der Waals surface area contributed by atoms with Crippen LogP contribution in [0.1, 0.15) is 62.0 Å². The largest absolute Gasteiger partial charge is 0.393 e. The fourth-order valence-corrected chi connectivity index (χ4v) is 2.34. The number of carbonyl (C=O) groups excluding carboxylic acids is 1. The van der Waals surface area contributed by atoms with E-state index in [4.69, 9.17) is 0 Å². The van der Waals surface area contributed by atoms with Crippen LogP contribution in [0.15, 0.2) is 6.20 Å². The van der Waals surface area contributed by atoms with E-state index in [0.29, 0.717) is 30.4 Å². The maximum Gasteiger partial charge on any atom is 0.254 e. The van der Waals surface area contributed by atoms with Crippen LogP contribution in [0.25, 0.3) is 0 Å². The van der Waals surface area contributed by atoms with Crippen LogP contribution in [0, 0.1) is 5.92 Å². The van der Waals surface area contributed by atoms with Crippen LogP contribution in [-0.2, 0) is 6.54 Å². The van der Waals surface area contributed by atoms with Crippen LogP contribution < -0.4 is 5.32 Å². The molecular formula is C15H25N3O2. The molecular weight excluding hydrogens is 254 g/mol. The first-order valence-corrected chi connectivity index (χ1v) is 7.51. The molecule has 0 aliphatic heterocycles. The van der Waals surface area contributed by atoms with Gasteiger partial charge in [0.2, 0.25) is 0 Å². The van der Waals surface area contributed by atoms with Gasteiger partial charge in [0.1, 0.15) is 0 Å². The standard InChI is InChI=1S/C15H25N3O2/c1-10(2)9-18-14(12-4-5-12)13(8-17-18)15(20)16-7-6-11(3)19/h8,10-12,19H,4-7,9H2,1-3H3,(H,16,20). The zero-order valence-electron chi connectivity index (χ0n) is 12.6. The molecule has 0 saturated heterocycles. The van der Waals surface area contributed by atoms with E-state index < -0.39 is 0 Å². The van der Waals surface area contributed by atoms with E-state index in [-0.39, 0.29) is 12.0 Å². The van der Waals surface area contributed by atoms with Crippen LogP contribution >= 0.6 is 0 Å². The minimum atomic E-state index is -0.387. The molecule has 0 spiro atoms. The van der Waals surface area contributed by atoms with E-state index in [2.05, 4.69) is 24.3 Å². The third kappa shape index (κ3) is 3.82. The van der Waals surface area contributed by atoms with Gasteiger partial charge in [-0.15, -0.1) is 0 Å². The average molecular weight is 279 g/mol. The summed E-state index contributed by atoms with van der Waals surface area (Å²) in [6.45, 7) is 7.38. The van der Waals surface area contributed by atoms with Crippen LogP contribution in [0.5, 0.6) is 0 Å². The maximum absolute atomic E-state index is 12.2. The highest BCUT2D eigenvalue weighted by Gasteiger charge is 2.32. The monoisotopic (exact) mass is 279 g/mol. The number of hydrogen-bond donors (Lipinski definition) is 2. The molecule has 20 heavy (non-hydrogen) atoms. The van der Waals surface area contributed by atoms with E-state index in [9.17, 15) is 9.90 Å². The fourth-order valence-electron chi connectivity index (χ4n) is 2.34. The number of hydrogen-bond acceptors (Lipinski definition) is 3. The maximum atomic E-state index is 12.2. The first kappa shape index (κ1) is 15.0. The predicted octanol–water partition coefficient (Wildman–Crippen LogP) is 1.92. The van der Waals surface area contributed by atoms with Crippen molar-refractivity contribution >= 4 is 5.91 Å². The van der Waals surface area contributed by atoms with E-state index >= 15 is 0 Å². The van der Waals surface area contributed by atoms with Crippen LogP contribution in [0.3, 0.4) is 0 Å². The number of carbonyl (C=O) groups is 1. The third-order valence-electron chi connectivity index (χ3n) is 3.47. The Morgan fingerprint density at radius 1 is 1.50 bits per heavy atom. The van der Waals surface area contributed by atoms with Crippen molar-refractivity contribution in [1.82, 2.24) is 15.1 Å². The van der Waals surface area contributed by atoms with E-state index in [1.807, 2.05) is 4.68 Å². The second-order valence-electron chi connectivity index (χ2n) is 6.19. The normalized spacial score (nSPS) is 16.4. The van der Waals surface area contributed by atoms with Gasteiger partial charge < -0.3 is 10.4 Å². The van der Waals surface area contributed by atoms with Gasteiger partial charge in [0, 0.05) is 19.0 Å². The molecule has 1 unspecified atom stereocenters.